The molecule has 0 spiro atoms. The predicted octanol–water partition coefficient (Wildman–Crippen LogP) is 5.27. The van der Waals surface area contributed by atoms with Crippen molar-refractivity contribution in [3.8, 4) is 18.1 Å². The van der Waals surface area contributed by atoms with Gasteiger partial charge in [-0.1, -0.05) is 36.0 Å². The number of carbonyl (C=O) groups is 4. The minimum Gasteiger partial charge on any atom is -0.481 e. The van der Waals surface area contributed by atoms with Gasteiger partial charge < -0.3 is 10.1 Å². The lowest BCUT2D eigenvalue weighted by Crippen LogP contribution is -2.39. The predicted molar refractivity (Wildman–Crippen MR) is 146 cm³/mol. The normalized spacial score (nSPS) is 16.1. The number of halogens is 3. The van der Waals surface area contributed by atoms with Crippen molar-refractivity contribution in [2.24, 2.45) is 0 Å². The molecule has 0 radical (unpaired) electrons. The maximum atomic E-state index is 14.7. The summed E-state index contributed by atoms with van der Waals surface area (Å²) in [6.07, 6.45) is 8.46. The largest absolute Gasteiger partial charge is 0.481 e. The summed E-state index contributed by atoms with van der Waals surface area (Å²) in [6.45, 7) is 1.52. The fraction of sp³-hybridized carbons (Fsp3) is 0.286. The molecule has 4 amide bonds. The average molecular weight is 572 g/mol. The number of ether oxygens (including phenoxy) is 1. The summed E-state index contributed by atoms with van der Waals surface area (Å²) in [5.41, 5.74) is 1.66. The van der Waals surface area contributed by atoms with Crippen molar-refractivity contribution in [1.29, 1.82) is 0 Å². The molecular formula is C28H24Cl2FN3O5. The van der Waals surface area contributed by atoms with Crippen molar-refractivity contribution < 1.29 is 28.3 Å². The average Bonchev–Trinajstić information content (AvgIpc) is 3.18. The van der Waals surface area contributed by atoms with Crippen molar-refractivity contribution in [3.63, 3.8) is 0 Å². The Morgan fingerprint density at radius 2 is 1.72 bits per heavy atom. The van der Waals surface area contributed by atoms with Gasteiger partial charge in [-0.05, 0) is 49.9 Å². The number of fused-ring (bicyclic) bond motifs is 1. The Kier molecular flexibility index (Phi) is 8.58. The summed E-state index contributed by atoms with van der Waals surface area (Å²) in [5.74, 6) is 0.363. The molecule has 0 atom stereocenters. The van der Waals surface area contributed by atoms with E-state index in [0.717, 1.165) is 23.8 Å². The smallest absolute Gasteiger partial charge is 0.265 e. The summed E-state index contributed by atoms with van der Waals surface area (Å²) in [7, 11) is 0. The highest BCUT2D eigenvalue weighted by Gasteiger charge is 2.41. The second kappa shape index (κ2) is 11.9. The highest BCUT2D eigenvalue weighted by molar-refractivity contribution is 6.42. The van der Waals surface area contributed by atoms with Gasteiger partial charge in [0, 0.05) is 29.3 Å². The molecule has 0 aromatic heterocycles. The van der Waals surface area contributed by atoms with Gasteiger partial charge in [-0.25, -0.2) is 9.29 Å². The molecule has 2 aromatic carbocycles. The third-order valence-corrected chi connectivity index (χ3v) is 7.12. The molecule has 0 unspecified atom stereocenters. The topological polar surface area (TPSA) is 96.0 Å². The lowest BCUT2D eigenvalue weighted by Gasteiger charge is -2.29. The number of benzene rings is 2. The molecular weight excluding hydrogens is 548 g/mol. The lowest BCUT2D eigenvalue weighted by atomic mass is 9.93. The number of hydrogen-bond donors (Lipinski definition) is 1. The molecule has 0 saturated carbocycles. The Bertz CT molecular complexity index is 1420. The molecule has 39 heavy (non-hydrogen) atoms. The molecule has 5 rings (SSSR count). The fourth-order valence-corrected chi connectivity index (χ4v) is 4.73. The number of terminal acetylenes is 1. The summed E-state index contributed by atoms with van der Waals surface area (Å²) < 4.78 is 19.9. The van der Waals surface area contributed by atoms with Gasteiger partial charge in [-0.2, -0.15) is 0 Å². The minimum absolute atomic E-state index is 0.0170. The Morgan fingerprint density at radius 1 is 1.05 bits per heavy atom. The van der Waals surface area contributed by atoms with Crippen molar-refractivity contribution in [2.45, 2.75) is 39.0 Å². The van der Waals surface area contributed by atoms with Crippen molar-refractivity contribution in [3.05, 3.63) is 57.3 Å². The van der Waals surface area contributed by atoms with Gasteiger partial charge in [0.2, 0.25) is 5.91 Å². The first-order valence-corrected chi connectivity index (χ1v) is 13.0. The van der Waals surface area contributed by atoms with Crippen LogP contribution in [0.25, 0.3) is 0 Å². The molecule has 0 fully saturated rings. The number of amides is 4. The summed E-state index contributed by atoms with van der Waals surface area (Å²) in [5, 5.41) is 3.60. The SMILES string of the molecule is C#CCN1C(=O)COc2cc(F)c(N3C(=O)C4=C(CCCC4)C3=O)cc21.CCC(=O)Nc1ccc(Cl)c(Cl)c1. The molecule has 2 aliphatic heterocycles. The summed E-state index contributed by atoms with van der Waals surface area (Å²) >= 11 is 11.5. The van der Waals surface area contributed by atoms with Crippen LogP contribution in [-0.4, -0.2) is 36.8 Å². The molecule has 11 heteroatoms. The van der Waals surface area contributed by atoms with Crippen LogP contribution in [-0.2, 0) is 19.2 Å². The molecule has 1 aliphatic carbocycles. The summed E-state index contributed by atoms with van der Waals surface area (Å²) in [4.78, 5) is 50.5. The maximum Gasteiger partial charge on any atom is 0.265 e. The number of nitrogens with one attached hydrogen (secondary N) is 1. The van der Waals surface area contributed by atoms with Gasteiger partial charge in [0.05, 0.1) is 28.0 Å². The number of rotatable bonds is 4. The highest BCUT2D eigenvalue weighted by atomic mass is 35.5. The van der Waals surface area contributed by atoms with E-state index >= 15 is 0 Å². The first-order valence-electron chi connectivity index (χ1n) is 12.2. The molecule has 2 heterocycles. The Balaban J connectivity index is 0.000000229. The van der Waals surface area contributed by atoms with Gasteiger partial charge in [-0.15, -0.1) is 6.42 Å². The van der Waals surface area contributed by atoms with Crippen LogP contribution < -0.4 is 19.9 Å². The van der Waals surface area contributed by atoms with Crippen LogP contribution in [0.2, 0.25) is 10.0 Å². The van der Waals surface area contributed by atoms with E-state index in [1.54, 1.807) is 25.1 Å². The Labute approximate surface area is 234 Å². The van der Waals surface area contributed by atoms with Gasteiger partial charge in [0.15, 0.2) is 12.4 Å². The summed E-state index contributed by atoms with van der Waals surface area (Å²) in [6, 6.07) is 7.35. The monoisotopic (exact) mass is 571 g/mol. The molecule has 8 nitrogen and oxygen atoms in total. The third kappa shape index (κ3) is 5.77. The van der Waals surface area contributed by atoms with E-state index in [1.165, 1.54) is 11.0 Å². The van der Waals surface area contributed by atoms with E-state index in [4.69, 9.17) is 34.4 Å². The molecule has 1 N–H and O–H groups in total. The van der Waals surface area contributed by atoms with E-state index < -0.39 is 17.6 Å². The van der Waals surface area contributed by atoms with E-state index in [-0.39, 0.29) is 42.1 Å². The third-order valence-electron chi connectivity index (χ3n) is 6.38. The molecule has 0 saturated heterocycles. The number of anilines is 3. The maximum absolute atomic E-state index is 14.7. The van der Waals surface area contributed by atoms with E-state index in [2.05, 4.69) is 11.2 Å². The van der Waals surface area contributed by atoms with Crippen LogP contribution in [0.3, 0.4) is 0 Å². The minimum atomic E-state index is -0.764. The van der Waals surface area contributed by atoms with Crippen LogP contribution in [0.4, 0.5) is 21.5 Å². The second-order valence-electron chi connectivity index (χ2n) is 8.88. The van der Waals surface area contributed by atoms with Gasteiger partial charge in [-0.3, -0.25) is 24.1 Å². The van der Waals surface area contributed by atoms with Crippen LogP contribution in [0.5, 0.6) is 5.75 Å². The quantitative estimate of drug-likeness (QED) is 0.398. The van der Waals surface area contributed by atoms with Crippen molar-refractivity contribution in [1.82, 2.24) is 0 Å². The van der Waals surface area contributed by atoms with Crippen molar-refractivity contribution >= 4 is 63.9 Å². The zero-order valence-corrected chi connectivity index (χ0v) is 22.5. The first-order chi connectivity index (χ1) is 18.7. The van der Waals surface area contributed by atoms with Crippen LogP contribution in [0, 0.1) is 18.2 Å². The number of hydrogen-bond acceptors (Lipinski definition) is 5. The van der Waals surface area contributed by atoms with Gasteiger partial charge >= 0.3 is 0 Å². The molecule has 3 aliphatic rings. The number of carbonyl (C=O) groups excluding carboxylic acids is 4. The Morgan fingerprint density at radius 3 is 2.31 bits per heavy atom. The number of imide groups is 1. The van der Waals surface area contributed by atoms with Gasteiger partial charge in [0.25, 0.3) is 17.7 Å². The number of nitrogens with zero attached hydrogens (tertiary/aromatic N) is 2. The standard InChI is InChI=1S/C19H15FN2O4.C9H9Cl2NO/c1-2-7-21-15-9-14(13(20)8-16(15)26-10-17(21)23)22-18(24)11-5-3-4-6-12(11)19(22)25;1-2-9(13)12-6-3-4-7(10)8(11)5-6/h1,8-9H,3-7,10H2;3-5H,2H2,1H3,(H,12,13). The zero-order chi connectivity index (χ0) is 28.3. The van der Waals surface area contributed by atoms with Gasteiger partial charge in [0.1, 0.15) is 5.75 Å². The highest BCUT2D eigenvalue weighted by Crippen LogP contribution is 2.41. The fourth-order valence-electron chi connectivity index (χ4n) is 4.43. The lowest BCUT2D eigenvalue weighted by molar-refractivity contribution is -0.121. The first kappa shape index (κ1) is 28.1. The molecule has 0 bridgehead atoms. The van der Waals surface area contributed by atoms with E-state index in [0.29, 0.717) is 46.1 Å². The van der Waals surface area contributed by atoms with E-state index in [1.807, 2.05) is 0 Å². The molecule has 202 valence electrons. The van der Waals surface area contributed by atoms with Crippen LogP contribution in [0.1, 0.15) is 39.0 Å². The van der Waals surface area contributed by atoms with Crippen LogP contribution in [0.15, 0.2) is 41.5 Å². The Hall–Kier alpha value is -3.87. The zero-order valence-electron chi connectivity index (χ0n) is 21.0. The van der Waals surface area contributed by atoms with E-state index in [9.17, 15) is 23.6 Å². The second-order valence-corrected chi connectivity index (χ2v) is 9.70. The van der Waals surface area contributed by atoms with Crippen LogP contribution >= 0.6 is 23.2 Å². The molecule has 2 aromatic rings. The van der Waals surface area contributed by atoms with Crippen molar-refractivity contribution in [2.75, 3.05) is 28.3 Å².